The number of halogens is 3. The molecule has 3 heterocycles. The Morgan fingerprint density at radius 3 is 2.61 bits per heavy atom. The molecule has 7 nitrogen and oxygen atoms in total. The van der Waals surface area contributed by atoms with Crippen molar-refractivity contribution in [3.8, 4) is 11.5 Å². The molecule has 1 aromatic carbocycles. The second-order valence-corrected chi connectivity index (χ2v) is 8.09. The van der Waals surface area contributed by atoms with Gasteiger partial charge in [0.1, 0.15) is 0 Å². The van der Waals surface area contributed by atoms with Gasteiger partial charge in [0.15, 0.2) is 17.2 Å². The zero-order chi connectivity index (χ0) is 22.2. The maximum absolute atomic E-state index is 13.6. The lowest BCUT2D eigenvalue weighted by atomic mass is 9.74. The first-order valence-corrected chi connectivity index (χ1v) is 10.1. The van der Waals surface area contributed by atoms with Crippen molar-refractivity contribution < 1.29 is 32.2 Å². The normalized spacial score (nSPS) is 17.7. The van der Waals surface area contributed by atoms with Gasteiger partial charge in [-0.1, -0.05) is 6.07 Å². The molecule has 168 valence electrons. The average Bonchev–Trinajstić information content (AvgIpc) is 3.39. The average molecular weight is 439 g/mol. The summed E-state index contributed by atoms with van der Waals surface area (Å²) in [6.07, 6.45) is -2.48. The number of benzene rings is 1. The Kier molecular flexibility index (Phi) is 5.59. The summed E-state index contributed by atoms with van der Waals surface area (Å²) in [5.41, 5.74) is -1.08. The molecular formula is C21H24F3N3O4. The Morgan fingerprint density at radius 2 is 1.94 bits per heavy atom. The van der Waals surface area contributed by atoms with Gasteiger partial charge in [-0.3, -0.25) is 9.48 Å². The van der Waals surface area contributed by atoms with E-state index in [0.717, 1.165) is 16.4 Å². The third-order valence-electron chi connectivity index (χ3n) is 5.82. The first kappa shape index (κ1) is 21.5. The number of carbonyl (C=O) groups excluding carboxylic acids is 1. The molecule has 10 heteroatoms. The number of hydrogen-bond acceptors (Lipinski definition) is 5. The van der Waals surface area contributed by atoms with Gasteiger partial charge in [0, 0.05) is 31.2 Å². The summed E-state index contributed by atoms with van der Waals surface area (Å²) in [4.78, 5) is 12.8. The Labute approximate surface area is 177 Å². The lowest BCUT2D eigenvalue weighted by Crippen LogP contribution is -2.44. The van der Waals surface area contributed by atoms with Gasteiger partial charge in [0.2, 0.25) is 6.79 Å². The smallest absolute Gasteiger partial charge is 0.433 e. The van der Waals surface area contributed by atoms with Crippen molar-refractivity contribution >= 4 is 5.91 Å². The number of hydrogen-bond donors (Lipinski definition) is 1. The van der Waals surface area contributed by atoms with Crippen LogP contribution in [0.2, 0.25) is 0 Å². The molecule has 2 aliphatic rings. The minimum absolute atomic E-state index is 0.145. The number of aromatic nitrogens is 2. The molecule has 0 bridgehead atoms. The predicted molar refractivity (Wildman–Crippen MR) is 104 cm³/mol. The molecule has 1 fully saturated rings. The molecule has 2 aliphatic heterocycles. The number of nitrogens with zero attached hydrogens (tertiary/aromatic N) is 2. The van der Waals surface area contributed by atoms with Crippen LogP contribution in [0.5, 0.6) is 11.5 Å². The van der Waals surface area contributed by atoms with Gasteiger partial charge in [0.25, 0.3) is 5.91 Å². The van der Waals surface area contributed by atoms with Crippen LogP contribution in [0.1, 0.15) is 54.3 Å². The fraction of sp³-hybridized carbons (Fsp3) is 0.524. The van der Waals surface area contributed by atoms with Crippen LogP contribution in [-0.2, 0) is 16.3 Å². The minimum Gasteiger partial charge on any atom is -0.454 e. The fourth-order valence-corrected chi connectivity index (χ4v) is 4.10. The van der Waals surface area contributed by atoms with Crippen LogP contribution in [0.25, 0.3) is 0 Å². The Bertz CT molecular complexity index is 965. The lowest BCUT2D eigenvalue weighted by Gasteiger charge is -2.38. The van der Waals surface area contributed by atoms with Crippen molar-refractivity contribution in [3.05, 3.63) is 41.2 Å². The molecule has 0 radical (unpaired) electrons. The van der Waals surface area contributed by atoms with Crippen molar-refractivity contribution in [2.75, 3.05) is 26.6 Å². The summed E-state index contributed by atoms with van der Waals surface area (Å²) in [7, 11) is 0. The number of rotatable bonds is 5. The number of carbonyl (C=O) groups is 1. The Morgan fingerprint density at radius 1 is 1.23 bits per heavy atom. The monoisotopic (exact) mass is 439 g/mol. The van der Waals surface area contributed by atoms with E-state index in [-0.39, 0.29) is 13.3 Å². The van der Waals surface area contributed by atoms with E-state index in [1.165, 1.54) is 0 Å². The van der Waals surface area contributed by atoms with Crippen LogP contribution >= 0.6 is 0 Å². The standard InChI is InChI=1S/C21H24F3N3O4/c1-13(2)27-18(21(22,23)24)15(10-26-27)19(28)25-11-20(5-7-29-8-6-20)14-3-4-16-17(9-14)31-12-30-16/h3-4,9-10,13H,5-8,11-12H2,1-2H3,(H,25,28). The van der Waals surface area contributed by atoms with E-state index >= 15 is 0 Å². The van der Waals surface area contributed by atoms with E-state index in [1.54, 1.807) is 13.8 Å². The third kappa shape index (κ3) is 4.08. The van der Waals surface area contributed by atoms with E-state index in [4.69, 9.17) is 14.2 Å². The molecule has 0 spiro atoms. The molecule has 4 rings (SSSR count). The van der Waals surface area contributed by atoms with Crippen molar-refractivity contribution in [1.82, 2.24) is 15.1 Å². The van der Waals surface area contributed by atoms with Gasteiger partial charge in [-0.05, 0) is 44.4 Å². The molecule has 0 aliphatic carbocycles. The fourth-order valence-electron chi connectivity index (χ4n) is 4.10. The van der Waals surface area contributed by atoms with Gasteiger partial charge < -0.3 is 19.5 Å². The molecule has 31 heavy (non-hydrogen) atoms. The van der Waals surface area contributed by atoms with Crippen LogP contribution < -0.4 is 14.8 Å². The number of fused-ring (bicyclic) bond motifs is 1. The highest BCUT2D eigenvalue weighted by molar-refractivity contribution is 5.95. The zero-order valence-electron chi connectivity index (χ0n) is 17.3. The van der Waals surface area contributed by atoms with Crippen LogP contribution in [0.15, 0.2) is 24.4 Å². The molecule has 1 N–H and O–H groups in total. The zero-order valence-corrected chi connectivity index (χ0v) is 17.3. The van der Waals surface area contributed by atoms with E-state index in [9.17, 15) is 18.0 Å². The van der Waals surface area contributed by atoms with Crippen LogP contribution in [0, 0.1) is 0 Å². The van der Waals surface area contributed by atoms with E-state index in [1.807, 2.05) is 18.2 Å². The highest BCUT2D eigenvalue weighted by Crippen LogP contribution is 2.41. The SMILES string of the molecule is CC(C)n1ncc(C(=O)NCC2(c3ccc4c(c3)OCO4)CCOCC2)c1C(F)(F)F. The molecule has 0 unspecified atom stereocenters. The quantitative estimate of drug-likeness (QED) is 0.769. The first-order chi connectivity index (χ1) is 14.7. The summed E-state index contributed by atoms with van der Waals surface area (Å²) >= 11 is 0. The van der Waals surface area contributed by atoms with Crippen LogP contribution in [0.4, 0.5) is 13.2 Å². The second kappa shape index (κ2) is 8.07. The van der Waals surface area contributed by atoms with Gasteiger partial charge in [-0.15, -0.1) is 0 Å². The molecule has 1 aromatic heterocycles. The number of nitrogens with one attached hydrogen (secondary N) is 1. The van der Waals surface area contributed by atoms with Crippen molar-refractivity contribution in [2.45, 2.75) is 44.3 Å². The van der Waals surface area contributed by atoms with Crippen LogP contribution in [-0.4, -0.2) is 42.2 Å². The van der Waals surface area contributed by atoms with Gasteiger partial charge in [-0.25, -0.2) is 0 Å². The molecule has 1 saturated heterocycles. The van der Waals surface area contributed by atoms with E-state index in [2.05, 4.69) is 10.4 Å². The molecule has 0 atom stereocenters. The molecule has 2 aromatic rings. The second-order valence-electron chi connectivity index (χ2n) is 8.09. The van der Waals surface area contributed by atoms with Crippen molar-refractivity contribution in [2.24, 2.45) is 0 Å². The van der Waals surface area contributed by atoms with Gasteiger partial charge in [-0.2, -0.15) is 18.3 Å². The molecule has 1 amide bonds. The first-order valence-electron chi connectivity index (χ1n) is 10.1. The van der Waals surface area contributed by atoms with Crippen molar-refractivity contribution in [3.63, 3.8) is 0 Å². The predicted octanol–water partition coefficient (Wildman–Crippen LogP) is 3.69. The summed E-state index contributed by atoms with van der Waals surface area (Å²) < 4.78 is 58.1. The summed E-state index contributed by atoms with van der Waals surface area (Å²) in [6, 6.07) is 5.06. The van der Waals surface area contributed by atoms with E-state index < -0.39 is 34.8 Å². The van der Waals surface area contributed by atoms with Crippen LogP contribution in [0.3, 0.4) is 0 Å². The highest BCUT2D eigenvalue weighted by Gasteiger charge is 2.41. The topological polar surface area (TPSA) is 74.6 Å². The van der Waals surface area contributed by atoms with Gasteiger partial charge >= 0.3 is 6.18 Å². The lowest BCUT2D eigenvalue weighted by molar-refractivity contribution is -0.145. The minimum atomic E-state index is -4.69. The highest BCUT2D eigenvalue weighted by atomic mass is 19.4. The Hall–Kier alpha value is -2.75. The summed E-state index contributed by atoms with van der Waals surface area (Å²) in [5, 5.41) is 6.52. The maximum Gasteiger partial charge on any atom is 0.433 e. The number of alkyl halides is 3. The summed E-state index contributed by atoms with van der Waals surface area (Å²) in [6.45, 7) is 4.46. The largest absolute Gasteiger partial charge is 0.454 e. The number of ether oxygens (including phenoxy) is 3. The molecular weight excluding hydrogens is 415 g/mol. The van der Waals surface area contributed by atoms with E-state index in [0.29, 0.717) is 37.6 Å². The maximum atomic E-state index is 13.6. The third-order valence-corrected chi connectivity index (χ3v) is 5.82. The van der Waals surface area contributed by atoms with Crippen molar-refractivity contribution in [1.29, 1.82) is 0 Å². The van der Waals surface area contributed by atoms with Gasteiger partial charge in [0.05, 0.1) is 11.8 Å². The molecule has 0 saturated carbocycles. The summed E-state index contributed by atoms with van der Waals surface area (Å²) in [5.74, 6) is 0.462. The number of amides is 1. The Balaban J connectivity index is 1.60.